The monoisotopic (exact) mass is 445 g/mol. The van der Waals surface area contributed by atoms with E-state index >= 15 is 0 Å². The number of nitrogens with one attached hydrogen (secondary N) is 1. The van der Waals surface area contributed by atoms with Crippen LogP contribution in [0.2, 0.25) is 0 Å². The Morgan fingerprint density at radius 2 is 1.66 bits per heavy atom. The van der Waals surface area contributed by atoms with Crippen molar-refractivity contribution in [1.82, 2.24) is 4.90 Å². The van der Waals surface area contributed by atoms with Crippen molar-refractivity contribution >= 4 is 40.1 Å². The van der Waals surface area contributed by atoms with Gasteiger partial charge in [-0.15, -0.1) is 0 Å². The van der Waals surface area contributed by atoms with Crippen LogP contribution in [0.25, 0.3) is 0 Å². The number of carbonyl (C=O) groups is 2. The van der Waals surface area contributed by atoms with Crippen molar-refractivity contribution in [3.05, 3.63) is 90.5 Å². The third kappa shape index (κ3) is 5.36. The van der Waals surface area contributed by atoms with E-state index in [0.29, 0.717) is 17.4 Å². The summed E-state index contributed by atoms with van der Waals surface area (Å²) in [7, 11) is 1.62. The first-order valence-corrected chi connectivity index (χ1v) is 11.1. The summed E-state index contributed by atoms with van der Waals surface area (Å²) in [5.41, 5.74) is 2.42. The van der Waals surface area contributed by atoms with Crippen LogP contribution in [0, 0.1) is 0 Å². The summed E-state index contributed by atoms with van der Waals surface area (Å²) < 4.78 is 5.22. The van der Waals surface area contributed by atoms with Gasteiger partial charge in [0.1, 0.15) is 11.0 Å². The number of anilines is 1. The second-order valence-corrected chi connectivity index (χ2v) is 8.40. The number of carbonyl (C=O) groups excluding carboxylic acids is 2. The Labute approximate surface area is 191 Å². The summed E-state index contributed by atoms with van der Waals surface area (Å²) in [5.74, 6) is 0.431. The zero-order valence-electron chi connectivity index (χ0n) is 17.6. The van der Waals surface area contributed by atoms with Crippen LogP contribution in [0.1, 0.15) is 12.0 Å². The molecule has 1 heterocycles. The summed E-state index contributed by atoms with van der Waals surface area (Å²) in [6.45, 7) is 0.373. The standard InChI is InChI=1S/C25H23N3O3S/c1-31-21-14-12-18(13-15-21)17-28-24(30)22(16-23(29)26-19-8-4-2-5-9-19)32-25(28)27-20-10-6-3-7-11-20/h2-15,22H,16-17H2,1H3,(H,26,29)/t22-/m0/s1. The number of ether oxygens (including phenoxy) is 1. The lowest BCUT2D eigenvalue weighted by Gasteiger charge is -2.17. The van der Waals surface area contributed by atoms with Gasteiger partial charge in [-0.2, -0.15) is 0 Å². The molecular weight excluding hydrogens is 422 g/mol. The molecule has 0 radical (unpaired) electrons. The first-order chi connectivity index (χ1) is 15.6. The molecule has 32 heavy (non-hydrogen) atoms. The average molecular weight is 446 g/mol. The van der Waals surface area contributed by atoms with E-state index in [-0.39, 0.29) is 18.2 Å². The molecule has 1 N–H and O–H groups in total. The van der Waals surface area contributed by atoms with E-state index in [0.717, 1.165) is 17.0 Å². The first kappa shape index (κ1) is 21.6. The summed E-state index contributed by atoms with van der Waals surface area (Å²) in [6, 6.07) is 26.3. The minimum atomic E-state index is -0.528. The minimum Gasteiger partial charge on any atom is -0.497 e. The fourth-order valence-electron chi connectivity index (χ4n) is 3.30. The van der Waals surface area contributed by atoms with E-state index in [4.69, 9.17) is 4.74 Å². The van der Waals surface area contributed by atoms with Crippen molar-refractivity contribution in [2.24, 2.45) is 4.99 Å². The average Bonchev–Trinajstić information content (AvgIpc) is 3.09. The molecule has 7 heteroatoms. The van der Waals surface area contributed by atoms with E-state index in [1.54, 1.807) is 12.0 Å². The highest BCUT2D eigenvalue weighted by atomic mass is 32.2. The van der Waals surface area contributed by atoms with Crippen LogP contribution in [0.5, 0.6) is 5.75 Å². The highest BCUT2D eigenvalue weighted by Crippen LogP contribution is 2.33. The van der Waals surface area contributed by atoms with Crippen molar-refractivity contribution in [1.29, 1.82) is 0 Å². The van der Waals surface area contributed by atoms with Crippen molar-refractivity contribution in [2.75, 3.05) is 12.4 Å². The zero-order chi connectivity index (χ0) is 22.3. The van der Waals surface area contributed by atoms with Gasteiger partial charge in [-0.1, -0.05) is 60.3 Å². The molecule has 2 amide bonds. The largest absolute Gasteiger partial charge is 0.497 e. The van der Waals surface area contributed by atoms with Crippen molar-refractivity contribution < 1.29 is 14.3 Å². The Hall–Kier alpha value is -3.58. The lowest BCUT2D eigenvalue weighted by atomic mass is 10.2. The van der Waals surface area contributed by atoms with Gasteiger partial charge in [0.05, 0.1) is 19.3 Å². The van der Waals surface area contributed by atoms with Crippen molar-refractivity contribution in [2.45, 2.75) is 18.2 Å². The highest BCUT2D eigenvalue weighted by molar-refractivity contribution is 8.15. The number of aliphatic imine (C=N–C) groups is 1. The highest BCUT2D eigenvalue weighted by Gasteiger charge is 2.39. The molecule has 3 aromatic rings. The lowest BCUT2D eigenvalue weighted by Crippen LogP contribution is -2.33. The van der Waals surface area contributed by atoms with Gasteiger partial charge in [-0.05, 0) is 42.0 Å². The molecule has 0 aromatic heterocycles. The van der Waals surface area contributed by atoms with Gasteiger partial charge in [0.2, 0.25) is 11.8 Å². The van der Waals surface area contributed by atoms with Crippen LogP contribution >= 0.6 is 11.8 Å². The molecule has 0 bridgehead atoms. The number of hydrogen-bond acceptors (Lipinski definition) is 5. The maximum atomic E-state index is 13.2. The van der Waals surface area contributed by atoms with Gasteiger partial charge < -0.3 is 10.1 Å². The van der Waals surface area contributed by atoms with E-state index in [1.807, 2.05) is 84.9 Å². The Kier molecular flexibility index (Phi) is 6.87. The van der Waals surface area contributed by atoms with Crippen molar-refractivity contribution in [3.8, 4) is 5.75 Å². The normalized spacial score (nSPS) is 16.9. The lowest BCUT2D eigenvalue weighted by molar-refractivity contribution is -0.128. The van der Waals surface area contributed by atoms with E-state index in [2.05, 4.69) is 10.3 Å². The number of methoxy groups -OCH3 is 1. The molecule has 0 unspecified atom stereocenters. The molecule has 1 aliphatic rings. The third-order valence-corrected chi connectivity index (χ3v) is 6.10. The van der Waals surface area contributed by atoms with Crippen LogP contribution in [-0.4, -0.2) is 34.2 Å². The summed E-state index contributed by atoms with van der Waals surface area (Å²) in [4.78, 5) is 32.1. The van der Waals surface area contributed by atoms with Gasteiger partial charge in [-0.3, -0.25) is 14.5 Å². The Morgan fingerprint density at radius 3 is 2.31 bits per heavy atom. The van der Waals surface area contributed by atoms with Crippen LogP contribution in [0.4, 0.5) is 11.4 Å². The fourth-order valence-corrected chi connectivity index (χ4v) is 4.46. The number of rotatable bonds is 7. The van der Waals surface area contributed by atoms with Gasteiger partial charge in [0.15, 0.2) is 5.17 Å². The molecule has 162 valence electrons. The predicted molar refractivity (Wildman–Crippen MR) is 128 cm³/mol. The number of hydrogen-bond donors (Lipinski definition) is 1. The predicted octanol–water partition coefficient (Wildman–Crippen LogP) is 4.86. The maximum absolute atomic E-state index is 13.2. The van der Waals surface area contributed by atoms with Crippen LogP contribution in [0.3, 0.4) is 0 Å². The molecular formula is C25H23N3O3S. The van der Waals surface area contributed by atoms with Crippen LogP contribution < -0.4 is 10.1 Å². The fraction of sp³-hybridized carbons (Fsp3) is 0.160. The number of amides is 2. The topological polar surface area (TPSA) is 71.0 Å². The quantitative estimate of drug-likeness (QED) is 0.564. The zero-order valence-corrected chi connectivity index (χ0v) is 18.4. The number of para-hydroxylation sites is 2. The summed E-state index contributed by atoms with van der Waals surface area (Å²) >= 11 is 1.33. The third-order valence-electron chi connectivity index (χ3n) is 4.93. The van der Waals surface area contributed by atoms with Gasteiger partial charge in [0, 0.05) is 12.1 Å². The Balaban J connectivity index is 1.53. The first-order valence-electron chi connectivity index (χ1n) is 10.2. The molecule has 0 spiro atoms. The molecule has 1 aliphatic heterocycles. The van der Waals surface area contributed by atoms with Crippen LogP contribution in [0.15, 0.2) is 89.9 Å². The SMILES string of the molecule is COc1ccc(CN2C(=O)[C@H](CC(=O)Nc3ccccc3)SC2=Nc2ccccc2)cc1. The van der Waals surface area contributed by atoms with Gasteiger partial charge in [-0.25, -0.2) is 4.99 Å². The number of nitrogens with zero attached hydrogens (tertiary/aromatic N) is 2. The van der Waals surface area contributed by atoms with E-state index in [9.17, 15) is 9.59 Å². The Bertz CT molecular complexity index is 1100. The molecule has 1 atom stereocenters. The molecule has 3 aromatic carbocycles. The number of amidine groups is 1. The summed E-state index contributed by atoms with van der Waals surface area (Å²) in [6.07, 6.45) is 0.0747. The maximum Gasteiger partial charge on any atom is 0.242 e. The van der Waals surface area contributed by atoms with E-state index in [1.165, 1.54) is 11.8 Å². The number of benzene rings is 3. The molecule has 6 nitrogen and oxygen atoms in total. The minimum absolute atomic E-state index is 0.0747. The summed E-state index contributed by atoms with van der Waals surface area (Å²) in [5, 5.41) is 2.92. The molecule has 0 saturated carbocycles. The molecule has 1 saturated heterocycles. The molecule has 4 rings (SSSR count). The second-order valence-electron chi connectivity index (χ2n) is 7.23. The van der Waals surface area contributed by atoms with Gasteiger partial charge >= 0.3 is 0 Å². The number of thioether (sulfide) groups is 1. The van der Waals surface area contributed by atoms with E-state index < -0.39 is 5.25 Å². The smallest absolute Gasteiger partial charge is 0.242 e. The van der Waals surface area contributed by atoms with Gasteiger partial charge in [0.25, 0.3) is 0 Å². The second kappa shape index (κ2) is 10.2. The van der Waals surface area contributed by atoms with Crippen LogP contribution in [-0.2, 0) is 16.1 Å². The molecule has 1 fully saturated rings. The van der Waals surface area contributed by atoms with Crippen molar-refractivity contribution in [3.63, 3.8) is 0 Å². The Morgan fingerprint density at radius 1 is 1.00 bits per heavy atom. The molecule has 0 aliphatic carbocycles.